The summed E-state index contributed by atoms with van der Waals surface area (Å²) in [5.74, 6) is -1.72. The number of hydrogen-bond donors (Lipinski definition) is 0. The number of halogens is 2. The van der Waals surface area contributed by atoms with Crippen molar-refractivity contribution in [1.29, 1.82) is 0 Å². The number of aryl methyl sites for hydroxylation is 1. The maximum atomic E-state index is 14.3. The van der Waals surface area contributed by atoms with Crippen LogP contribution in [0.2, 0.25) is 0 Å². The number of hydrogen-bond acceptors (Lipinski definition) is 4. The van der Waals surface area contributed by atoms with Crippen LogP contribution in [0.4, 0.5) is 14.5 Å². The number of anilines is 1. The molecule has 31 heavy (non-hydrogen) atoms. The summed E-state index contributed by atoms with van der Waals surface area (Å²) < 4.78 is 34.4. The van der Waals surface area contributed by atoms with Crippen LogP contribution in [0.25, 0.3) is 11.3 Å². The fourth-order valence-corrected chi connectivity index (χ4v) is 3.71. The van der Waals surface area contributed by atoms with Gasteiger partial charge >= 0.3 is 0 Å². The molecule has 162 valence electrons. The van der Waals surface area contributed by atoms with Crippen LogP contribution in [0.1, 0.15) is 15.9 Å². The quantitative estimate of drug-likeness (QED) is 0.627. The first-order chi connectivity index (χ1) is 14.9. The first-order valence-electron chi connectivity index (χ1n) is 10.1. The molecule has 0 saturated carbocycles. The summed E-state index contributed by atoms with van der Waals surface area (Å²) in [7, 11) is 3.35. The number of aromatic nitrogens is 2. The SMILES string of the molecule is CN(Cc1ccc(N2CCOCC2)cc1)C(=O)c1cn(C)nc1-c1ccc(F)cc1F. The van der Waals surface area contributed by atoms with Gasteiger partial charge in [-0.2, -0.15) is 5.10 Å². The molecule has 0 bridgehead atoms. The van der Waals surface area contributed by atoms with Crippen molar-refractivity contribution in [3.8, 4) is 11.3 Å². The molecule has 0 radical (unpaired) electrons. The third-order valence-electron chi connectivity index (χ3n) is 5.32. The third-order valence-corrected chi connectivity index (χ3v) is 5.32. The van der Waals surface area contributed by atoms with Crippen LogP contribution >= 0.6 is 0 Å². The summed E-state index contributed by atoms with van der Waals surface area (Å²) in [6, 6.07) is 11.3. The lowest BCUT2D eigenvalue weighted by molar-refractivity contribution is 0.0785. The molecule has 2 aromatic carbocycles. The van der Waals surface area contributed by atoms with Crippen LogP contribution in [0, 0.1) is 11.6 Å². The largest absolute Gasteiger partial charge is 0.378 e. The van der Waals surface area contributed by atoms with E-state index in [1.54, 1.807) is 25.2 Å². The standard InChI is InChI=1S/C23H24F2N4O2/c1-27(14-16-3-6-18(7-4-16)29-9-11-31-12-10-29)23(30)20-15-28(2)26-22(20)19-8-5-17(24)13-21(19)25/h3-8,13,15H,9-12,14H2,1-2H3. The van der Waals surface area contributed by atoms with E-state index in [0.717, 1.165) is 49.7 Å². The lowest BCUT2D eigenvalue weighted by atomic mass is 10.1. The van der Waals surface area contributed by atoms with Gasteiger partial charge in [-0.3, -0.25) is 9.48 Å². The van der Waals surface area contributed by atoms with Crippen molar-refractivity contribution in [2.24, 2.45) is 7.05 Å². The molecule has 0 atom stereocenters. The van der Waals surface area contributed by atoms with Gasteiger partial charge in [0.1, 0.15) is 17.3 Å². The van der Waals surface area contributed by atoms with Crippen LogP contribution in [0.15, 0.2) is 48.7 Å². The Morgan fingerprint density at radius 3 is 2.52 bits per heavy atom. The van der Waals surface area contributed by atoms with E-state index in [1.165, 1.54) is 10.7 Å². The fourth-order valence-electron chi connectivity index (χ4n) is 3.71. The number of morpholine rings is 1. The molecule has 0 spiro atoms. The second-order valence-electron chi connectivity index (χ2n) is 7.62. The number of benzene rings is 2. The Balaban J connectivity index is 1.51. The van der Waals surface area contributed by atoms with Gasteiger partial charge in [-0.15, -0.1) is 0 Å². The van der Waals surface area contributed by atoms with Crippen molar-refractivity contribution >= 4 is 11.6 Å². The molecule has 1 saturated heterocycles. The highest BCUT2D eigenvalue weighted by Crippen LogP contribution is 2.27. The molecular formula is C23H24F2N4O2. The molecule has 1 amide bonds. The Kier molecular flexibility index (Phi) is 5.99. The minimum absolute atomic E-state index is 0.0913. The van der Waals surface area contributed by atoms with E-state index in [2.05, 4.69) is 10.00 Å². The van der Waals surface area contributed by atoms with E-state index in [9.17, 15) is 13.6 Å². The van der Waals surface area contributed by atoms with Crippen LogP contribution < -0.4 is 4.90 Å². The topological polar surface area (TPSA) is 50.6 Å². The Morgan fingerprint density at radius 1 is 1.13 bits per heavy atom. The zero-order chi connectivity index (χ0) is 22.0. The summed E-state index contributed by atoms with van der Waals surface area (Å²) in [4.78, 5) is 16.9. The van der Waals surface area contributed by atoms with Gasteiger partial charge in [-0.25, -0.2) is 8.78 Å². The first kappa shape index (κ1) is 21.0. The van der Waals surface area contributed by atoms with E-state index < -0.39 is 11.6 Å². The fraction of sp³-hybridized carbons (Fsp3) is 0.304. The highest BCUT2D eigenvalue weighted by Gasteiger charge is 2.23. The number of ether oxygens (including phenoxy) is 1. The van der Waals surface area contributed by atoms with E-state index in [-0.39, 0.29) is 22.7 Å². The van der Waals surface area contributed by atoms with Crippen molar-refractivity contribution in [3.05, 3.63) is 71.4 Å². The van der Waals surface area contributed by atoms with E-state index in [1.807, 2.05) is 24.3 Å². The second-order valence-corrected chi connectivity index (χ2v) is 7.62. The van der Waals surface area contributed by atoms with Crippen molar-refractivity contribution in [2.45, 2.75) is 6.54 Å². The molecule has 4 rings (SSSR count). The zero-order valence-electron chi connectivity index (χ0n) is 17.5. The molecule has 1 aliphatic heterocycles. The van der Waals surface area contributed by atoms with Gasteiger partial charge < -0.3 is 14.5 Å². The van der Waals surface area contributed by atoms with E-state index in [4.69, 9.17) is 4.74 Å². The summed E-state index contributed by atoms with van der Waals surface area (Å²) in [6.07, 6.45) is 1.55. The molecule has 0 unspecified atom stereocenters. The zero-order valence-corrected chi connectivity index (χ0v) is 17.5. The summed E-state index contributed by atoms with van der Waals surface area (Å²) >= 11 is 0. The molecule has 0 aliphatic carbocycles. The maximum absolute atomic E-state index is 14.3. The molecule has 1 fully saturated rings. The molecule has 2 heterocycles. The molecule has 1 aliphatic rings. The number of nitrogens with zero attached hydrogens (tertiary/aromatic N) is 4. The van der Waals surface area contributed by atoms with Gasteiger partial charge in [-0.1, -0.05) is 12.1 Å². The van der Waals surface area contributed by atoms with Crippen molar-refractivity contribution < 1.29 is 18.3 Å². The Bertz CT molecular complexity index is 1080. The van der Waals surface area contributed by atoms with Crippen molar-refractivity contribution in [1.82, 2.24) is 14.7 Å². The highest BCUT2D eigenvalue weighted by atomic mass is 19.1. The van der Waals surface area contributed by atoms with Gasteiger partial charge in [0.2, 0.25) is 0 Å². The summed E-state index contributed by atoms with van der Waals surface area (Å²) in [5, 5.41) is 4.24. The predicted molar refractivity (Wildman–Crippen MR) is 114 cm³/mol. The molecule has 1 aromatic heterocycles. The van der Waals surface area contributed by atoms with Crippen LogP contribution in [-0.4, -0.2) is 53.9 Å². The smallest absolute Gasteiger partial charge is 0.257 e. The van der Waals surface area contributed by atoms with Gasteiger partial charge in [-0.05, 0) is 29.8 Å². The van der Waals surface area contributed by atoms with Gasteiger partial charge in [0.05, 0.1) is 18.8 Å². The number of carbonyl (C=O) groups is 1. The monoisotopic (exact) mass is 426 g/mol. The van der Waals surface area contributed by atoms with Gasteiger partial charge in [0.25, 0.3) is 5.91 Å². The molecule has 8 heteroatoms. The predicted octanol–water partition coefficient (Wildman–Crippen LogP) is 3.47. The Hall–Kier alpha value is -3.26. The van der Waals surface area contributed by atoms with E-state index in [0.29, 0.717) is 6.54 Å². The number of carbonyl (C=O) groups excluding carboxylic acids is 1. The van der Waals surface area contributed by atoms with Crippen LogP contribution in [0.3, 0.4) is 0 Å². The second kappa shape index (κ2) is 8.85. The minimum atomic E-state index is -0.755. The first-order valence-corrected chi connectivity index (χ1v) is 10.1. The molecule has 0 N–H and O–H groups in total. The average Bonchev–Trinajstić information content (AvgIpc) is 3.15. The Morgan fingerprint density at radius 2 is 1.84 bits per heavy atom. The lowest BCUT2D eigenvalue weighted by Crippen LogP contribution is -2.36. The van der Waals surface area contributed by atoms with Gasteiger partial charge in [0.15, 0.2) is 0 Å². The highest BCUT2D eigenvalue weighted by molar-refractivity contribution is 5.99. The summed E-state index contributed by atoms with van der Waals surface area (Å²) in [5.41, 5.74) is 2.65. The molecular weight excluding hydrogens is 402 g/mol. The van der Waals surface area contributed by atoms with E-state index >= 15 is 0 Å². The molecule has 3 aromatic rings. The maximum Gasteiger partial charge on any atom is 0.257 e. The van der Waals surface area contributed by atoms with Gasteiger partial charge in [0, 0.05) is 57.2 Å². The van der Waals surface area contributed by atoms with Crippen molar-refractivity contribution in [3.63, 3.8) is 0 Å². The lowest BCUT2D eigenvalue weighted by Gasteiger charge is -2.29. The Labute approximate surface area is 179 Å². The number of amides is 1. The molecule has 6 nitrogen and oxygen atoms in total. The minimum Gasteiger partial charge on any atom is -0.378 e. The average molecular weight is 426 g/mol. The number of rotatable bonds is 5. The third kappa shape index (κ3) is 4.59. The van der Waals surface area contributed by atoms with Crippen molar-refractivity contribution in [2.75, 3.05) is 38.3 Å². The summed E-state index contributed by atoms with van der Waals surface area (Å²) in [6.45, 7) is 3.56. The normalized spacial score (nSPS) is 14.0. The van der Waals surface area contributed by atoms with Crippen LogP contribution in [-0.2, 0) is 18.3 Å². The van der Waals surface area contributed by atoms with Crippen LogP contribution in [0.5, 0.6) is 0 Å².